The minimum Gasteiger partial charge on any atom is -0.493 e. The van der Waals surface area contributed by atoms with E-state index in [1.807, 2.05) is 0 Å². The first-order valence-electron chi connectivity index (χ1n) is 6.96. The Labute approximate surface area is 140 Å². The molecular weight excluding hydrogens is 342 g/mol. The average molecular weight is 355 g/mol. The number of hydrogen-bond acceptors (Lipinski definition) is 3. The molecule has 0 aliphatic carbocycles. The third-order valence-electron chi connectivity index (χ3n) is 3.02. The maximum absolute atomic E-state index is 13.5. The van der Waals surface area contributed by atoms with E-state index in [0.717, 1.165) is 18.2 Å². The number of amides is 1. The summed E-state index contributed by atoms with van der Waals surface area (Å²) in [7, 11) is 1.28. The van der Waals surface area contributed by atoms with Crippen molar-refractivity contribution in [3.05, 3.63) is 59.7 Å². The highest BCUT2D eigenvalue weighted by Gasteiger charge is 2.10. The van der Waals surface area contributed by atoms with Crippen LogP contribution in [0.25, 0.3) is 6.08 Å². The number of alkyl halides is 2. The van der Waals surface area contributed by atoms with Gasteiger partial charge in [0.1, 0.15) is 11.6 Å². The number of benzene rings is 2. The fourth-order valence-corrected chi connectivity index (χ4v) is 1.92. The molecule has 2 rings (SSSR count). The van der Waals surface area contributed by atoms with Crippen LogP contribution in [-0.4, -0.2) is 19.6 Å². The van der Waals surface area contributed by atoms with Gasteiger partial charge in [-0.1, -0.05) is 6.07 Å². The summed E-state index contributed by atoms with van der Waals surface area (Å²) >= 11 is 0. The largest absolute Gasteiger partial charge is 0.493 e. The van der Waals surface area contributed by atoms with Gasteiger partial charge in [0, 0.05) is 12.1 Å². The Hall–Kier alpha value is -3.03. The molecule has 2 aromatic carbocycles. The van der Waals surface area contributed by atoms with Crippen LogP contribution in [-0.2, 0) is 4.79 Å². The van der Waals surface area contributed by atoms with Gasteiger partial charge in [-0.05, 0) is 35.9 Å². The predicted octanol–water partition coefficient (Wildman–Crippen LogP) is 4.23. The molecule has 25 heavy (non-hydrogen) atoms. The fourth-order valence-electron chi connectivity index (χ4n) is 1.92. The fraction of sp³-hybridized carbons (Fsp3) is 0.118. The van der Waals surface area contributed by atoms with E-state index < -0.39 is 24.2 Å². The number of hydrogen-bond donors (Lipinski definition) is 1. The molecule has 132 valence electrons. The van der Waals surface area contributed by atoms with Crippen molar-refractivity contribution < 1.29 is 31.8 Å². The quantitative estimate of drug-likeness (QED) is 0.623. The zero-order valence-electron chi connectivity index (χ0n) is 12.9. The number of carbonyl (C=O) groups excluding carboxylic acids is 1. The number of halogens is 4. The molecule has 0 bridgehead atoms. The summed E-state index contributed by atoms with van der Waals surface area (Å²) < 4.78 is 60.0. The van der Waals surface area contributed by atoms with E-state index in [4.69, 9.17) is 4.74 Å². The van der Waals surface area contributed by atoms with E-state index in [-0.39, 0.29) is 17.2 Å². The molecule has 1 amide bonds. The molecule has 0 fully saturated rings. The van der Waals surface area contributed by atoms with Gasteiger partial charge in [-0.3, -0.25) is 4.79 Å². The SMILES string of the molecule is COc1cc(C=CC(=O)Nc2ccc(F)cc2F)ccc1OC(F)F. The van der Waals surface area contributed by atoms with Crippen LogP contribution in [0.4, 0.5) is 23.2 Å². The van der Waals surface area contributed by atoms with Crippen molar-refractivity contribution in [3.63, 3.8) is 0 Å². The topological polar surface area (TPSA) is 47.6 Å². The molecule has 0 spiro atoms. The van der Waals surface area contributed by atoms with E-state index in [1.165, 1.54) is 31.4 Å². The number of carbonyl (C=O) groups is 1. The van der Waals surface area contributed by atoms with Gasteiger partial charge >= 0.3 is 6.61 Å². The van der Waals surface area contributed by atoms with Crippen molar-refractivity contribution in [2.75, 3.05) is 12.4 Å². The second kappa shape index (κ2) is 8.18. The number of rotatable bonds is 6. The van der Waals surface area contributed by atoms with Crippen LogP contribution >= 0.6 is 0 Å². The summed E-state index contributed by atoms with van der Waals surface area (Å²) in [5, 5.41) is 2.25. The van der Waals surface area contributed by atoms with Gasteiger partial charge in [0.05, 0.1) is 12.8 Å². The highest BCUT2D eigenvalue weighted by atomic mass is 19.3. The molecular formula is C17H13F4NO3. The van der Waals surface area contributed by atoms with E-state index in [2.05, 4.69) is 10.1 Å². The third kappa shape index (κ3) is 5.23. The maximum atomic E-state index is 13.5. The van der Waals surface area contributed by atoms with Crippen LogP contribution in [0, 0.1) is 11.6 Å². The summed E-state index contributed by atoms with van der Waals surface area (Å²) in [5.74, 6) is -2.40. The Morgan fingerprint density at radius 3 is 2.52 bits per heavy atom. The molecule has 0 saturated heterocycles. The Morgan fingerprint density at radius 2 is 1.88 bits per heavy atom. The lowest BCUT2D eigenvalue weighted by atomic mass is 10.2. The molecule has 0 aliphatic heterocycles. The van der Waals surface area contributed by atoms with Crippen LogP contribution in [0.5, 0.6) is 11.5 Å². The lowest BCUT2D eigenvalue weighted by Gasteiger charge is -2.10. The standard InChI is InChI=1S/C17H13F4NO3/c1-24-15-8-10(2-6-14(15)25-17(20)21)3-7-16(23)22-13-5-4-11(18)9-12(13)19/h2-9,17H,1H3,(H,22,23). The molecule has 0 unspecified atom stereocenters. The average Bonchev–Trinajstić information content (AvgIpc) is 2.56. The maximum Gasteiger partial charge on any atom is 0.387 e. The second-order valence-corrected chi connectivity index (χ2v) is 4.74. The monoisotopic (exact) mass is 355 g/mol. The first-order chi connectivity index (χ1) is 11.9. The molecule has 0 heterocycles. The molecule has 0 radical (unpaired) electrons. The number of ether oxygens (including phenoxy) is 2. The van der Waals surface area contributed by atoms with Crippen LogP contribution in [0.1, 0.15) is 5.56 Å². The molecule has 0 aliphatic rings. The van der Waals surface area contributed by atoms with Gasteiger partial charge in [-0.15, -0.1) is 0 Å². The zero-order valence-corrected chi connectivity index (χ0v) is 12.9. The van der Waals surface area contributed by atoms with Gasteiger partial charge in [-0.25, -0.2) is 8.78 Å². The van der Waals surface area contributed by atoms with Crippen LogP contribution in [0.15, 0.2) is 42.5 Å². The summed E-state index contributed by atoms with van der Waals surface area (Å²) in [6, 6.07) is 6.83. The van der Waals surface area contributed by atoms with Gasteiger partial charge in [0.2, 0.25) is 5.91 Å². The predicted molar refractivity (Wildman–Crippen MR) is 83.6 cm³/mol. The van der Waals surface area contributed by atoms with Crippen LogP contribution in [0.2, 0.25) is 0 Å². The van der Waals surface area contributed by atoms with Crippen LogP contribution < -0.4 is 14.8 Å². The summed E-state index contributed by atoms with van der Waals surface area (Å²) in [4.78, 5) is 11.8. The molecule has 0 saturated carbocycles. The van der Waals surface area contributed by atoms with Crippen molar-refractivity contribution in [2.45, 2.75) is 6.61 Å². The number of anilines is 1. The van der Waals surface area contributed by atoms with E-state index in [0.29, 0.717) is 11.6 Å². The Kier molecular flexibility index (Phi) is 5.99. The third-order valence-corrected chi connectivity index (χ3v) is 3.02. The van der Waals surface area contributed by atoms with Gasteiger partial charge < -0.3 is 14.8 Å². The molecule has 0 atom stereocenters. The summed E-state index contributed by atoms with van der Waals surface area (Å²) in [6.45, 7) is -2.99. The van der Waals surface area contributed by atoms with Crippen molar-refractivity contribution in [1.82, 2.24) is 0 Å². The van der Waals surface area contributed by atoms with Gasteiger partial charge in [0.15, 0.2) is 11.5 Å². The van der Waals surface area contributed by atoms with Crippen molar-refractivity contribution in [1.29, 1.82) is 0 Å². The van der Waals surface area contributed by atoms with Gasteiger partial charge in [0.25, 0.3) is 0 Å². The molecule has 8 heteroatoms. The lowest BCUT2D eigenvalue weighted by molar-refractivity contribution is -0.111. The highest BCUT2D eigenvalue weighted by molar-refractivity contribution is 6.02. The first-order valence-corrected chi connectivity index (χ1v) is 6.96. The van der Waals surface area contributed by atoms with E-state index in [1.54, 1.807) is 0 Å². The van der Waals surface area contributed by atoms with Crippen LogP contribution in [0.3, 0.4) is 0 Å². The summed E-state index contributed by atoms with van der Waals surface area (Å²) in [6.07, 6.45) is 2.47. The second-order valence-electron chi connectivity index (χ2n) is 4.74. The smallest absolute Gasteiger partial charge is 0.387 e. The lowest BCUT2D eigenvalue weighted by Crippen LogP contribution is -2.09. The van der Waals surface area contributed by atoms with E-state index in [9.17, 15) is 22.4 Å². The Balaban J connectivity index is 2.08. The van der Waals surface area contributed by atoms with E-state index >= 15 is 0 Å². The van der Waals surface area contributed by atoms with Crippen molar-refractivity contribution in [3.8, 4) is 11.5 Å². The minimum absolute atomic E-state index is 0.0624. The minimum atomic E-state index is -2.99. The molecule has 2 aromatic rings. The Morgan fingerprint density at radius 1 is 1.12 bits per heavy atom. The number of nitrogens with one attached hydrogen (secondary N) is 1. The molecule has 0 aromatic heterocycles. The first kappa shape index (κ1) is 18.3. The van der Waals surface area contributed by atoms with Gasteiger partial charge in [-0.2, -0.15) is 8.78 Å². The molecule has 4 nitrogen and oxygen atoms in total. The van der Waals surface area contributed by atoms with Crippen molar-refractivity contribution in [2.24, 2.45) is 0 Å². The molecule has 1 N–H and O–H groups in total. The zero-order chi connectivity index (χ0) is 18.4. The highest BCUT2D eigenvalue weighted by Crippen LogP contribution is 2.29. The summed E-state index contributed by atoms with van der Waals surface area (Å²) in [5.41, 5.74) is 0.294. The normalized spacial score (nSPS) is 11.0. The van der Waals surface area contributed by atoms with Crippen molar-refractivity contribution >= 4 is 17.7 Å². The number of methoxy groups -OCH3 is 1. The Bertz CT molecular complexity index is 793.